The summed E-state index contributed by atoms with van der Waals surface area (Å²) in [7, 11) is 1.56. The molecule has 2 N–H and O–H groups in total. The van der Waals surface area contributed by atoms with Gasteiger partial charge in [-0.2, -0.15) is 0 Å². The van der Waals surface area contributed by atoms with Gasteiger partial charge in [-0.05, 0) is 50.2 Å². The van der Waals surface area contributed by atoms with Gasteiger partial charge in [0.15, 0.2) is 0 Å². The van der Waals surface area contributed by atoms with E-state index in [-0.39, 0.29) is 30.1 Å². The lowest BCUT2D eigenvalue weighted by molar-refractivity contribution is -0.124. The van der Waals surface area contributed by atoms with Crippen LogP contribution in [0.1, 0.15) is 19.3 Å². The molecule has 3 rings (SSSR count). The molecule has 24 heavy (non-hydrogen) atoms. The molecule has 0 aromatic heterocycles. The maximum atomic E-state index is 12.7. The monoisotopic (exact) mass is 331 g/mol. The number of carbonyl (C=O) groups is 3. The smallest absolute Gasteiger partial charge is 0.251 e. The highest BCUT2D eigenvalue weighted by Gasteiger charge is 2.43. The van der Waals surface area contributed by atoms with Crippen molar-refractivity contribution < 1.29 is 19.1 Å². The molecular weight excluding hydrogens is 310 g/mol. The number of nitrogens with two attached hydrogens (primary N) is 1. The highest BCUT2D eigenvalue weighted by atomic mass is 16.5. The highest BCUT2D eigenvalue weighted by Crippen LogP contribution is 2.29. The molecule has 2 aliphatic heterocycles. The molecule has 0 radical (unpaired) electrons. The molecule has 1 aromatic rings. The number of primary amides is 1. The first-order valence-electron chi connectivity index (χ1n) is 8.05. The molecule has 0 bridgehead atoms. The Hall–Kier alpha value is -2.41. The SMILES string of the molecule is COc1ccc(N2C(=O)C[C@H](N3CCC(C(N)=O)CC3)C2=O)cc1. The van der Waals surface area contributed by atoms with Gasteiger partial charge in [0, 0.05) is 5.92 Å². The van der Waals surface area contributed by atoms with E-state index in [9.17, 15) is 14.4 Å². The van der Waals surface area contributed by atoms with Crippen LogP contribution in [0.2, 0.25) is 0 Å². The van der Waals surface area contributed by atoms with Crippen LogP contribution < -0.4 is 15.4 Å². The van der Waals surface area contributed by atoms with E-state index < -0.39 is 6.04 Å². The van der Waals surface area contributed by atoms with E-state index in [1.54, 1.807) is 31.4 Å². The summed E-state index contributed by atoms with van der Waals surface area (Å²) >= 11 is 0. The normalized spacial score (nSPS) is 22.9. The zero-order chi connectivity index (χ0) is 17.3. The molecule has 2 fully saturated rings. The summed E-state index contributed by atoms with van der Waals surface area (Å²) in [6.45, 7) is 1.21. The van der Waals surface area contributed by atoms with Crippen molar-refractivity contribution in [2.24, 2.45) is 11.7 Å². The van der Waals surface area contributed by atoms with Crippen LogP contribution in [0, 0.1) is 5.92 Å². The van der Waals surface area contributed by atoms with E-state index in [4.69, 9.17) is 10.5 Å². The first-order valence-corrected chi connectivity index (χ1v) is 8.05. The Morgan fingerprint density at radius 3 is 2.33 bits per heavy atom. The number of methoxy groups -OCH3 is 1. The predicted molar refractivity (Wildman–Crippen MR) is 87.4 cm³/mol. The number of nitrogens with zero attached hydrogens (tertiary/aromatic N) is 2. The van der Waals surface area contributed by atoms with Crippen LogP contribution in [0.5, 0.6) is 5.75 Å². The summed E-state index contributed by atoms with van der Waals surface area (Å²) in [5, 5.41) is 0. The fraction of sp³-hybridized carbons (Fsp3) is 0.471. The van der Waals surface area contributed by atoms with E-state index in [1.807, 2.05) is 4.90 Å². The van der Waals surface area contributed by atoms with Crippen LogP contribution >= 0.6 is 0 Å². The van der Waals surface area contributed by atoms with Crippen LogP contribution in [-0.2, 0) is 14.4 Å². The van der Waals surface area contributed by atoms with Crippen molar-refractivity contribution in [3.05, 3.63) is 24.3 Å². The fourth-order valence-corrected chi connectivity index (χ4v) is 3.40. The average Bonchev–Trinajstić information content (AvgIpc) is 2.89. The average molecular weight is 331 g/mol. The number of hydrogen-bond acceptors (Lipinski definition) is 5. The van der Waals surface area contributed by atoms with Crippen molar-refractivity contribution in [1.29, 1.82) is 0 Å². The topological polar surface area (TPSA) is 92.9 Å². The fourth-order valence-electron chi connectivity index (χ4n) is 3.40. The van der Waals surface area contributed by atoms with Gasteiger partial charge in [-0.25, -0.2) is 4.90 Å². The number of carbonyl (C=O) groups excluding carboxylic acids is 3. The van der Waals surface area contributed by atoms with Gasteiger partial charge in [0.1, 0.15) is 5.75 Å². The van der Waals surface area contributed by atoms with E-state index in [0.717, 1.165) is 0 Å². The quantitative estimate of drug-likeness (QED) is 0.812. The van der Waals surface area contributed by atoms with Gasteiger partial charge < -0.3 is 10.5 Å². The number of rotatable bonds is 4. The van der Waals surface area contributed by atoms with E-state index in [0.29, 0.717) is 37.4 Å². The predicted octanol–water partition coefficient (Wildman–Crippen LogP) is 0.524. The number of hydrogen-bond donors (Lipinski definition) is 1. The molecule has 2 heterocycles. The molecule has 0 spiro atoms. The Labute approximate surface area is 140 Å². The lowest BCUT2D eigenvalue weighted by atomic mass is 9.95. The molecule has 2 aliphatic rings. The van der Waals surface area contributed by atoms with Gasteiger partial charge in [0.25, 0.3) is 5.91 Å². The zero-order valence-corrected chi connectivity index (χ0v) is 13.6. The molecule has 128 valence electrons. The second-order valence-electron chi connectivity index (χ2n) is 6.20. The van der Waals surface area contributed by atoms with Crippen molar-refractivity contribution in [3.8, 4) is 5.75 Å². The summed E-state index contributed by atoms with van der Waals surface area (Å²) in [6, 6.07) is 6.41. The molecule has 0 unspecified atom stereocenters. The van der Waals surface area contributed by atoms with E-state index in [1.165, 1.54) is 4.90 Å². The van der Waals surface area contributed by atoms with Gasteiger partial charge in [0.05, 0.1) is 25.3 Å². The number of piperidine rings is 1. The van der Waals surface area contributed by atoms with Crippen molar-refractivity contribution in [3.63, 3.8) is 0 Å². The number of likely N-dealkylation sites (tertiary alicyclic amines) is 1. The first kappa shape index (κ1) is 16.4. The van der Waals surface area contributed by atoms with Gasteiger partial charge in [-0.15, -0.1) is 0 Å². The van der Waals surface area contributed by atoms with E-state index in [2.05, 4.69) is 0 Å². The number of benzene rings is 1. The Balaban J connectivity index is 1.71. The van der Waals surface area contributed by atoms with Crippen molar-refractivity contribution in [1.82, 2.24) is 4.90 Å². The number of imide groups is 1. The lowest BCUT2D eigenvalue weighted by Gasteiger charge is -2.33. The molecule has 2 saturated heterocycles. The minimum absolute atomic E-state index is 0.133. The zero-order valence-electron chi connectivity index (χ0n) is 13.6. The minimum atomic E-state index is -0.451. The Morgan fingerprint density at radius 1 is 1.17 bits per heavy atom. The Morgan fingerprint density at radius 2 is 1.79 bits per heavy atom. The van der Waals surface area contributed by atoms with Crippen molar-refractivity contribution in [2.45, 2.75) is 25.3 Å². The Bertz CT molecular complexity index is 650. The summed E-state index contributed by atoms with van der Waals surface area (Å²) in [6.07, 6.45) is 1.44. The molecule has 1 atom stereocenters. The molecular formula is C17H21N3O4. The maximum absolute atomic E-state index is 12.7. The number of amides is 3. The van der Waals surface area contributed by atoms with Crippen LogP contribution in [0.4, 0.5) is 5.69 Å². The van der Waals surface area contributed by atoms with Crippen molar-refractivity contribution in [2.75, 3.05) is 25.1 Å². The third-order valence-corrected chi connectivity index (χ3v) is 4.83. The van der Waals surface area contributed by atoms with Gasteiger partial charge in [-0.3, -0.25) is 19.3 Å². The Kier molecular flexibility index (Phi) is 4.53. The van der Waals surface area contributed by atoms with E-state index >= 15 is 0 Å². The summed E-state index contributed by atoms with van der Waals surface area (Å²) in [4.78, 5) is 39.5. The first-order chi connectivity index (χ1) is 11.5. The number of anilines is 1. The summed E-state index contributed by atoms with van der Waals surface area (Å²) in [5.74, 6) is -0.160. The molecule has 3 amide bonds. The van der Waals surface area contributed by atoms with Crippen LogP contribution in [0.25, 0.3) is 0 Å². The third-order valence-electron chi connectivity index (χ3n) is 4.83. The maximum Gasteiger partial charge on any atom is 0.251 e. The molecule has 0 aliphatic carbocycles. The summed E-state index contributed by atoms with van der Waals surface area (Å²) < 4.78 is 5.10. The molecule has 0 saturated carbocycles. The van der Waals surface area contributed by atoms with Crippen LogP contribution in [-0.4, -0.2) is 48.9 Å². The second kappa shape index (κ2) is 6.60. The van der Waals surface area contributed by atoms with Crippen LogP contribution in [0.3, 0.4) is 0 Å². The largest absolute Gasteiger partial charge is 0.497 e. The standard InChI is InChI=1S/C17H21N3O4/c1-24-13-4-2-12(3-5-13)20-15(21)10-14(17(20)23)19-8-6-11(7-9-19)16(18)22/h2-5,11,14H,6-10H2,1H3,(H2,18,22)/t14-/m0/s1. The molecule has 7 nitrogen and oxygen atoms in total. The van der Waals surface area contributed by atoms with Gasteiger partial charge in [-0.1, -0.05) is 0 Å². The van der Waals surface area contributed by atoms with Gasteiger partial charge >= 0.3 is 0 Å². The number of ether oxygens (including phenoxy) is 1. The van der Waals surface area contributed by atoms with Crippen LogP contribution in [0.15, 0.2) is 24.3 Å². The lowest BCUT2D eigenvalue weighted by Crippen LogP contribution is -2.47. The molecule has 7 heteroatoms. The minimum Gasteiger partial charge on any atom is -0.497 e. The third kappa shape index (κ3) is 2.99. The highest BCUT2D eigenvalue weighted by molar-refractivity contribution is 6.22. The second-order valence-corrected chi connectivity index (χ2v) is 6.20. The summed E-state index contributed by atoms with van der Waals surface area (Å²) in [5.41, 5.74) is 5.90. The van der Waals surface area contributed by atoms with Crippen molar-refractivity contribution >= 4 is 23.4 Å². The van der Waals surface area contributed by atoms with Gasteiger partial charge in [0.2, 0.25) is 11.8 Å². The molecule has 1 aromatic carbocycles.